The molecule has 0 spiro atoms. The Morgan fingerprint density at radius 2 is 1.79 bits per heavy atom. The molecule has 5 heteroatoms. The first-order valence-corrected chi connectivity index (χ1v) is 6.09. The number of rotatable bonds is 6. The number of nitrogens with zero attached hydrogens (tertiary/aromatic N) is 3. The highest BCUT2D eigenvalue weighted by molar-refractivity contribution is 5.46. The fourth-order valence-corrected chi connectivity index (χ4v) is 1.66. The quantitative estimate of drug-likeness (QED) is 0.771. The molecule has 0 saturated heterocycles. The summed E-state index contributed by atoms with van der Waals surface area (Å²) in [6, 6.07) is 14.1. The molecule has 0 bridgehead atoms. The Labute approximate surface area is 112 Å². The van der Waals surface area contributed by atoms with E-state index in [4.69, 9.17) is 5.26 Å². The molecule has 2 aromatic rings. The first-order valence-electron chi connectivity index (χ1n) is 6.09. The van der Waals surface area contributed by atoms with Gasteiger partial charge in [0, 0.05) is 12.6 Å². The zero-order chi connectivity index (χ0) is 13.3. The molecule has 0 aliphatic heterocycles. The first-order chi connectivity index (χ1) is 9.38. The van der Waals surface area contributed by atoms with Gasteiger partial charge in [-0.1, -0.05) is 30.3 Å². The van der Waals surface area contributed by atoms with Crippen LogP contribution < -0.4 is 10.6 Å². The van der Waals surface area contributed by atoms with E-state index in [9.17, 15) is 0 Å². The lowest BCUT2D eigenvalue weighted by Gasteiger charge is -2.07. The Bertz CT molecular complexity index is 547. The van der Waals surface area contributed by atoms with E-state index in [0.717, 1.165) is 18.8 Å². The molecule has 5 nitrogen and oxygen atoms in total. The summed E-state index contributed by atoms with van der Waals surface area (Å²) < 4.78 is 0. The Morgan fingerprint density at radius 1 is 1.05 bits per heavy atom. The second kappa shape index (κ2) is 6.97. The van der Waals surface area contributed by atoms with Crippen molar-refractivity contribution in [1.29, 1.82) is 5.26 Å². The summed E-state index contributed by atoms with van der Waals surface area (Å²) in [5.74, 6) is 1.41. The molecule has 2 rings (SSSR count). The zero-order valence-electron chi connectivity index (χ0n) is 10.5. The fraction of sp³-hybridized carbons (Fsp3) is 0.214. The van der Waals surface area contributed by atoms with E-state index < -0.39 is 0 Å². The predicted molar refractivity (Wildman–Crippen MR) is 74.8 cm³/mol. The molecule has 1 aromatic carbocycles. The van der Waals surface area contributed by atoms with E-state index in [-0.39, 0.29) is 6.54 Å². The van der Waals surface area contributed by atoms with Crippen molar-refractivity contribution >= 4 is 11.6 Å². The smallest absolute Gasteiger partial charge is 0.132 e. The molecule has 19 heavy (non-hydrogen) atoms. The molecule has 2 N–H and O–H groups in total. The van der Waals surface area contributed by atoms with Gasteiger partial charge in [-0.3, -0.25) is 0 Å². The van der Waals surface area contributed by atoms with Crippen LogP contribution in [-0.2, 0) is 6.42 Å². The molecular formula is C14H15N5. The van der Waals surface area contributed by atoms with Crippen molar-refractivity contribution in [1.82, 2.24) is 9.97 Å². The zero-order valence-corrected chi connectivity index (χ0v) is 10.5. The molecule has 1 aromatic heterocycles. The van der Waals surface area contributed by atoms with E-state index in [1.165, 1.54) is 11.9 Å². The van der Waals surface area contributed by atoms with Crippen molar-refractivity contribution in [2.24, 2.45) is 0 Å². The van der Waals surface area contributed by atoms with Gasteiger partial charge in [0.25, 0.3) is 0 Å². The molecule has 0 aliphatic carbocycles. The average molecular weight is 253 g/mol. The number of hydrogen-bond donors (Lipinski definition) is 2. The summed E-state index contributed by atoms with van der Waals surface area (Å²) >= 11 is 0. The SMILES string of the molecule is N#CCNc1cc(NCCc2ccccc2)ncn1. The van der Waals surface area contributed by atoms with Crippen LogP contribution in [0.1, 0.15) is 5.56 Å². The molecule has 96 valence electrons. The Morgan fingerprint density at radius 3 is 2.53 bits per heavy atom. The maximum absolute atomic E-state index is 8.49. The van der Waals surface area contributed by atoms with E-state index in [1.807, 2.05) is 24.3 Å². The van der Waals surface area contributed by atoms with Crippen LogP contribution in [0.2, 0.25) is 0 Å². The Balaban J connectivity index is 1.84. The lowest BCUT2D eigenvalue weighted by Crippen LogP contribution is -2.08. The highest BCUT2D eigenvalue weighted by Crippen LogP contribution is 2.08. The fourth-order valence-electron chi connectivity index (χ4n) is 1.66. The van der Waals surface area contributed by atoms with Crippen LogP contribution in [0.25, 0.3) is 0 Å². The number of aromatic nitrogens is 2. The van der Waals surface area contributed by atoms with Gasteiger partial charge in [-0.2, -0.15) is 5.26 Å². The highest BCUT2D eigenvalue weighted by Gasteiger charge is 1.98. The van der Waals surface area contributed by atoms with Crippen LogP contribution >= 0.6 is 0 Å². The van der Waals surface area contributed by atoms with E-state index in [1.54, 1.807) is 6.07 Å². The molecule has 0 unspecified atom stereocenters. The van der Waals surface area contributed by atoms with Crippen molar-refractivity contribution in [2.45, 2.75) is 6.42 Å². The molecule has 0 amide bonds. The average Bonchev–Trinajstić information content (AvgIpc) is 2.47. The van der Waals surface area contributed by atoms with Gasteiger partial charge in [-0.05, 0) is 12.0 Å². The van der Waals surface area contributed by atoms with E-state index in [0.29, 0.717) is 5.82 Å². The van der Waals surface area contributed by atoms with Crippen LogP contribution in [0.5, 0.6) is 0 Å². The second-order valence-electron chi connectivity index (χ2n) is 3.96. The molecule has 0 aliphatic rings. The molecule has 0 atom stereocenters. The molecule has 0 radical (unpaired) electrons. The van der Waals surface area contributed by atoms with Crippen molar-refractivity contribution < 1.29 is 0 Å². The minimum absolute atomic E-state index is 0.237. The summed E-state index contributed by atoms with van der Waals surface area (Å²) in [5, 5.41) is 14.6. The first kappa shape index (κ1) is 12.8. The summed E-state index contributed by atoms with van der Waals surface area (Å²) in [6.07, 6.45) is 2.41. The van der Waals surface area contributed by atoms with Crippen molar-refractivity contribution in [3.05, 3.63) is 48.3 Å². The number of anilines is 2. The largest absolute Gasteiger partial charge is 0.370 e. The lowest BCUT2D eigenvalue weighted by molar-refractivity contribution is 0.999. The van der Waals surface area contributed by atoms with E-state index >= 15 is 0 Å². The van der Waals surface area contributed by atoms with Gasteiger partial charge in [-0.25, -0.2) is 9.97 Å². The highest BCUT2D eigenvalue weighted by atomic mass is 15.1. The summed E-state index contributed by atoms with van der Waals surface area (Å²) in [6.45, 7) is 1.04. The summed E-state index contributed by atoms with van der Waals surface area (Å²) in [4.78, 5) is 8.16. The van der Waals surface area contributed by atoms with E-state index in [2.05, 4.69) is 32.7 Å². The van der Waals surface area contributed by atoms with Crippen molar-refractivity contribution in [3.8, 4) is 6.07 Å². The number of benzene rings is 1. The summed E-state index contributed by atoms with van der Waals surface area (Å²) in [7, 11) is 0. The standard InChI is InChI=1S/C14H15N5/c15-7-9-17-14-10-13(18-11-19-14)16-8-6-12-4-2-1-3-5-12/h1-5,10-11H,6,8-9H2,(H2,16,17,18,19). The minimum Gasteiger partial charge on any atom is -0.370 e. The molecule has 1 heterocycles. The predicted octanol–water partition coefficient (Wildman–Crippen LogP) is 2.07. The van der Waals surface area contributed by atoms with Crippen LogP contribution in [0.3, 0.4) is 0 Å². The number of nitrogens with one attached hydrogen (secondary N) is 2. The Kier molecular flexibility index (Phi) is 4.71. The molecular weight excluding hydrogens is 238 g/mol. The van der Waals surface area contributed by atoms with Crippen LogP contribution in [0.4, 0.5) is 11.6 Å². The third-order valence-corrected chi connectivity index (χ3v) is 2.58. The van der Waals surface area contributed by atoms with Crippen LogP contribution in [-0.4, -0.2) is 23.1 Å². The van der Waals surface area contributed by atoms with Gasteiger partial charge < -0.3 is 10.6 Å². The third kappa shape index (κ3) is 4.28. The van der Waals surface area contributed by atoms with Gasteiger partial charge in [0.1, 0.15) is 24.5 Å². The van der Waals surface area contributed by atoms with Crippen LogP contribution in [0, 0.1) is 11.3 Å². The van der Waals surface area contributed by atoms with Crippen molar-refractivity contribution in [3.63, 3.8) is 0 Å². The van der Waals surface area contributed by atoms with Gasteiger partial charge in [0.2, 0.25) is 0 Å². The van der Waals surface area contributed by atoms with Gasteiger partial charge in [0.05, 0.1) is 6.07 Å². The Hall–Kier alpha value is -2.61. The molecule has 0 saturated carbocycles. The maximum atomic E-state index is 8.49. The number of nitriles is 1. The second-order valence-corrected chi connectivity index (χ2v) is 3.96. The third-order valence-electron chi connectivity index (χ3n) is 2.58. The monoisotopic (exact) mass is 253 g/mol. The topological polar surface area (TPSA) is 73.6 Å². The molecule has 0 fully saturated rings. The summed E-state index contributed by atoms with van der Waals surface area (Å²) in [5.41, 5.74) is 1.28. The maximum Gasteiger partial charge on any atom is 0.132 e. The van der Waals surface area contributed by atoms with Gasteiger partial charge in [0.15, 0.2) is 0 Å². The normalized spacial score (nSPS) is 9.63. The minimum atomic E-state index is 0.237. The lowest BCUT2D eigenvalue weighted by atomic mass is 10.1. The van der Waals surface area contributed by atoms with Crippen LogP contribution in [0.15, 0.2) is 42.7 Å². The van der Waals surface area contributed by atoms with Crippen molar-refractivity contribution in [2.75, 3.05) is 23.7 Å². The number of hydrogen-bond acceptors (Lipinski definition) is 5. The van der Waals surface area contributed by atoms with Gasteiger partial charge >= 0.3 is 0 Å². The van der Waals surface area contributed by atoms with Gasteiger partial charge in [-0.15, -0.1) is 0 Å².